The topological polar surface area (TPSA) is 116 Å². The van der Waals surface area contributed by atoms with Crippen LogP contribution in [0.2, 0.25) is 0 Å². The fourth-order valence-corrected chi connectivity index (χ4v) is 1.85. The van der Waals surface area contributed by atoms with Crippen molar-refractivity contribution < 1.29 is 14.3 Å². The summed E-state index contributed by atoms with van der Waals surface area (Å²) >= 11 is 0. The van der Waals surface area contributed by atoms with Gasteiger partial charge in [-0.2, -0.15) is 5.10 Å². The van der Waals surface area contributed by atoms with Gasteiger partial charge in [-0.1, -0.05) is 0 Å². The molecular formula is C10H15N5O3. The number of anilines is 1. The van der Waals surface area contributed by atoms with Crippen molar-refractivity contribution in [3.05, 3.63) is 11.8 Å². The van der Waals surface area contributed by atoms with Crippen LogP contribution in [0.1, 0.15) is 10.4 Å². The van der Waals surface area contributed by atoms with E-state index in [1.54, 1.807) is 7.05 Å². The van der Waals surface area contributed by atoms with Crippen LogP contribution < -0.4 is 11.5 Å². The molecule has 1 fully saturated rings. The minimum atomic E-state index is -0.758. The Labute approximate surface area is 103 Å². The molecule has 1 atom stereocenters. The van der Waals surface area contributed by atoms with Crippen molar-refractivity contribution in [3.63, 3.8) is 0 Å². The molecule has 2 amide bonds. The van der Waals surface area contributed by atoms with E-state index >= 15 is 0 Å². The lowest BCUT2D eigenvalue weighted by molar-refractivity contribution is -0.127. The third-order valence-electron chi connectivity index (χ3n) is 2.93. The molecule has 0 saturated carbocycles. The number of morpholine rings is 1. The molecule has 1 unspecified atom stereocenters. The Morgan fingerprint density at radius 3 is 2.83 bits per heavy atom. The van der Waals surface area contributed by atoms with Crippen molar-refractivity contribution in [2.75, 3.05) is 25.5 Å². The van der Waals surface area contributed by atoms with Gasteiger partial charge in [0.1, 0.15) is 17.4 Å². The molecule has 1 aromatic rings. The monoisotopic (exact) mass is 253 g/mol. The second kappa shape index (κ2) is 4.65. The van der Waals surface area contributed by atoms with Gasteiger partial charge in [-0.15, -0.1) is 0 Å². The molecule has 0 aliphatic carbocycles. The van der Waals surface area contributed by atoms with E-state index in [2.05, 4.69) is 5.10 Å². The molecule has 98 valence electrons. The van der Waals surface area contributed by atoms with Crippen LogP contribution in [0.4, 0.5) is 5.82 Å². The highest BCUT2D eigenvalue weighted by Gasteiger charge is 2.33. The summed E-state index contributed by atoms with van der Waals surface area (Å²) in [6, 6.07) is -0.758. The lowest BCUT2D eigenvalue weighted by Crippen LogP contribution is -2.54. The van der Waals surface area contributed by atoms with Gasteiger partial charge in [0.2, 0.25) is 5.91 Å². The van der Waals surface area contributed by atoms with Crippen LogP contribution >= 0.6 is 0 Å². The van der Waals surface area contributed by atoms with Gasteiger partial charge in [-0.25, -0.2) is 0 Å². The maximum Gasteiger partial charge on any atom is 0.260 e. The molecule has 8 heteroatoms. The van der Waals surface area contributed by atoms with Crippen molar-refractivity contribution in [3.8, 4) is 0 Å². The molecule has 1 aromatic heterocycles. The summed E-state index contributed by atoms with van der Waals surface area (Å²) in [7, 11) is 1.64. The van der Waals surface area contributed by atoms with Crippen LogP contribution in [0, 0.1) is 0 Å². The predicted octanol–water partition coefficient (Wildman–Crippen LogP) is -1.67. The molecule has 0 radical (unpaired) electrons. The van der Waals surface area contributed by atoms with E-state index < -0.39 is 11.9 Å². The zero-order chi connectivity index (χ0) is 13.3. The van der Waals surface area contributed by atoms with E-state index in [1.165, 1.54) is 15.8 Å². The molecule has 0 spiro atoms. The second-order valence-corrected chi connectivity index (χ2v) is 4.06. The molecule has 2 heterocycles. The number of amides is 2. The number of ether oxygens (including phenoxy) is 1. The number of rotatable bonds is 2. The van der Waals surface area contributed by atoms with Gasteiger partial charge in [-0.3, -0.25) is 14.3 Å². The van der Waals surface area contributed by atoms with E-state index in [0.29, 0.717) is 13.2 Å². The number of hydrogen-bond acceptors (Lipinski definition) is 5. The van der Waals surface area contributed by atoms with Crippen LogP contribution in [0.15, 0.2) is 6.20 Å². The predicted molar refractivity (Wildman–Crippen MR) is 62.5 cm³/mol. The van der Waals surface area contributed by atoms with Crippen LogP contribution in [0.3, 0.4) is 0 Å². The minimum absolute atomic E-state index is 0.112. The number of hydrogen-bond donors (Lipinski definition) is 2. The Morgan fingerprint density at radius 1 is 1.56 bits per heavy atom. The molecule has 18 heavy (non-hydrogen) atoms. The summed E-state index contributed by atoms with van der Waals surface area (Å²) in [6.45, 7) is 0.789. The highest BCUT2D eigenvalue weighted by atomic mass is 16.5. The third kappa shape index (κ3) is 2.02. The van der Waals surface area contributed by atoms with Crippen LogP contribution in [0.5, 0.6) is 0 Å². The van der Waals surface area contributed by atoms with Crippen LogP contribution in [-0.4, -0.2) is 52.3 Å². The van der Waals surface area contributed by atoms with Gasteiger partial charge in [0.25, 0.3) is 5.91 Å². The van der Waals surface area contributed by atoms with Crippen LogP contribution in [0.25, 0.3) is 0 Å². The first kappa shape index (κ1) is 12.4. The summed E-state index contributed by atoms with van der Waals surface area (Å²) < 4.78 is 6.54. The average molecular weight is 253 g/mol. The third-order valence-corrected chi connectivity index (χ3v) is 2.93. The number of carbonyl (C=O) groups is 2. The lowest BCUT2D eigenvalue weighted by Gasteiger charge is -2.33. The number of nitrogen functional groups attached to an aromatic ring is 1. The minimum Gasteiger partial charge on any atom is -0.383 e. The molecule has 1 aliphatic heterocycles. The second-order valence-electron chi connectivity index (χ2n) is 4.06. The highest BCUT2D eigenvalue weighted by Crippen LogP contribution is 2.16. The first-order chi connectivity index (χ1) is 8.52. The standard InChI is InChI=1S/C10H15N5O3/c1-14-8(11)6(4-13-14)10(17)15-2-3-18-5-7(15)9(12)16/h4,7H,2-3,5,11H2,1H3,(H2,12,16). The Kier molecular flexibility index (Phi) is 3.19. The van der Waals surface area contributed by atoms with Crippen LogP contribution in [-0.2, 0) is 16.6 Å². The Bertz CT molecular complexity index is 484. The smallest absolute Gasteiger partial charge is 0.260 e. The van der Waals surface area contributed by atoms with Crippen molar-refractivity contribution >= 4 is 17.6 Å². The van der Waals surface area contributed by atoms with Gasteiger partial charge in [0, 0.05) is 13.6 Å². The molecule has 4 N–H and O–H groups in total. The summed E-state index contributed by atoms with van der Waals surface area (Å²) in [5.41, 5.74) is 11.3. The molecule has 8 nitrogen and oxygen atoms in total. The zero-order valence-electron chi connectivity index (χ0n) is 10.00. The molecule has 1 aliphatic rings. The fourth-order valence-electron chi connectivity index (χ4n) is 1.85. The van der Waals surface area contributed by atoms with E-state index in [0.717, 1.165) is 0 Å². The summed E-state index contributed by atoms with van der Waals surface area (Å²) in [6.07, 6.45) is 1.38. The SMILES string of the molecule is Cn1ncc(C(=O)N2CCOCC2C(N)=O)c1N. The molecule has 1 saturated heterocycles. The van der Waals surface area contributed by atoms with E-state index in [-0.39, 0.29) is 23.9 Å². The quantitative estimate of drug-likeness (QED) is 0.653. The number of primary amides is 1. The van der Waals surface area contributed by atoms with E-state index in [4.69, 9.17) is 16.2 Å². The van der Waals surface area contributed by atoms with Gasteiger partial charge >= 0.3 is 0 Å². The summed E-state index contributed by atoms with van der Waals surface area (Å²) in [5, 5.41) is 3.90. The fraction of sp³-hybridized carbons (Fsp3) is 0.500. The molecular weight excluding hydrogens is 238 g/mol. The van der Waals surface area contributed by atoms with Crippen molar-refractivity contribution in [2.24, 2.45) is 12.8 Å². The Hall–Kier alpha value is -2.09. The maximum absolute atomic E-state index is 12.3. The zero-order valence-corrected chi connectivity index (χ0v) is 10.00. The van der Waals surface area contributed by atoms with E-state index in [9.17, 15) is 9.59 Å². The number of nitrogens with two attached hydrogens (primary N) is 2. The Morgan fingerprint density at radius 2 is 2.28 bits per heavy atom. The number of carbonyl (C=O) groups excluding carboxylic acids is 2. The largest absolute Gasteiger partial charge is 0.383 e. The number of aryl methyl sites for hydroxylation is 1. The van der Waals surface area contributed by atoms with Gasteiger partial charge in [0.05, 0.1) is 19.4 Å². The van der Waals surface area contributed by atoms with Crippen molar-refractivity contribution in [1.29, 1.82) is 0 Å². The average Bonchev–Trinajstić information content (AvgIpc) is 2.69. The van der Waals surface area contributed by atoms with Crippen molar-refractivity contribution in [2.45, 2.75) is 6.04 Å². The first-order valence-electron chi connectivity index (χ1n) is 5.48. The number of nitrogens with zero attached hydrogens (tertiary/aromatic N) is 3. The molecule has 2 rings (SSSR count). The van der Waals surface area contributed by atoms with Gasteiger partial charge in [0.15, 0.2) is 0 Å². The normalized spacial score (nSPS) is 19.8. The Balaban J connectivity index is 2.26. The summed E-state index contributed by atoms with van der Waals surface area (Å²) in [5.74, 6) is -0.687. The molecule has 0 bridgehead atoms. The van der Waals surface area contributed by atoms with Crippen molar-refractivity contribution in [1.82, 2.24) is 14.7 Å². The first-order valence-corrected chi connectivity index (χ1v) is 5.48. The van der Waals surface area contributed by atoms with Gasteiger partial charge in [-0.05, 0) is 0 Å². The van der Waals surface area contributed by atoms with E-state index in [1.807, 2.05) is 0 Å². The molecule has 0 aromatic carbocycles. The number of aromatic nitrogens is 2. The summed E-state index contributed by atoms with van der Waals surface area (Å²) in [4.78, 5) is 24.9. The lowest BCUT2D eigenvalue weighted by atomic mass is 10.1. The van der Waals surface area contributed by atoms with Gasteiger partial charge < -0.3 is 21.1 Å². The maximum atomic E-state index is 12.3. The highest BCUT2D eigenvalue weighted by molar-refractivity contribution is 6.00.